The lowest BCUT2D eigenvalue weighted by Gasteiger charge is -2.09. The number of aryl methyl sites for hydroxylation is 1. The van der Waals surface area contributed by atoms with Gasteiger partial charge in [0, 0.05) is 6.54 Å². The Morgan fingerprint density at radius 3 is 3.28 bits per heavy atom. The zero-order valence-electron chi connectivity index (χ0n) is 10.4. The van der Waals surface area contributed by atoms with Gasteiger partial charge in [-0.1, -0.05) is 5.16 Å². The minimum Gasteiger partial charge on any atom is -0.369 e. The van der Waals surface area contributed by atoms with Crippen LogP contribution in [0.1, 0.15) is 18.5 Å². The van der Waals surface area contributed by atoms with Crippen LogP contribution in [0.15, 0.2) is 10.9 Å². The molecule has 2 N–H and O–H groups in total. The number of hydrogen-bond acceptors (Lipinski definition) is 6. The van der Waals surface area contributed by atoms with Crippen LogP contribution in [0.4, 0.5) is 5.82 Å². The van der Waals surface area contributed by atoms with Gasteiger partial charge in [0.15, 0.2) is 0 Å². The van der Waals surface area contributed by atoms with Crippen LogP contribution in [-0.2, 0) is 0 Å². The number of rotatable bonds is 4. The molecular weight excluding hydrogens is 230 g/mol. The summed E-state index contributed by atoms with van der Waals surface area (Å²) in [4.78, 5) is 8.32. The van der Waals surface area contributed by atoms with Crippen LogP contribution in [0.2, 0.25) is 0 Å². The molecule has 18 heavy (non-hydrogen) atoms. The van der Waals surface area contributed by atoms with Gasteiger partial charge in [0.2, 0.25) is 0 Å². The first-order valence-electron chi connectivity index (χ1n) is 6.36. The lowest BCUT2D eigenvalue weighted by atomic mass is 10.1. The van der Waals surface area contributed by atoms with E-state index in [4.69, 9.17) is 4.52 Å². The van der Waals surface area contributed by atoms with Gasteiger partial charge in [-0.25, -0.2) is 4.98 Å². The summed E-state index contributed by atoms with van der Waals surface area (Å²) in [6, 6.07) is 0. The minimum atomic E-state index is 0.549. The van der Waals surface area contributed by atoms with Crippen molar-refractivity contribution in [1.82, 2.24) is 20.4 Å². The smallest absolute Gasteiger partial charge is 0.263 e. The SMILES string of the molecule is Cc1noc2ncnc(NCCC3CCNC3)c12. The Morgan fingerprint density at radius 2 is 2.44 bits per heavy atom. The molecule has 1 unspecified atom stereocenters. The summed E-state index contributed by atoms with van der Waals surface area (Å²) in [5.74, 6) is 1.60. The molecule has 0 amide bonds. The topological polar surface area (TPSA) is 75.9 Å². The number of nitrogens with one attached hydrogen (secondary N) is 2. The Balaban J connectivity index is 1.68. The Hall–Kier alpha value is -1.69. The summed E-state index contributed by atoms with van der Waals surface area (Å²) < 4.78 is 5.12. The highest BCUT2D eigenvalue weighted by Gasteiger charge is 2.15. The van der Waals surface area contributed by atoms with Crippen molar-refractivity contribution in [3.05, 3.63) is 12.0 Å². The second-order valence-corrected chi connectivity index (χ2v) is 4.74. The van der Waals surface area contributed by atoms with Crippen LogP contribution >= 0.6 is 0 Å². The van der Waals surface area contributed by atoms with Crippen LogP contribution < -0.4 is 10.6 Å². The summed E-state index contributed by atoms with van der Waals surface area (Å²) in [6.07, 6.45) is 3.93. The van der Waals surface area contributed by atoms with E-state index in [0.29, 0.717) is 5.71 Å². The highest BCUT2D eigenvalue weighted by atomic mass is 16.5. The van der Waals surface area contributed by atoms with Crippen LogP contribution in [0.5, 0.6) is 0 Å². The van der Waals surface area contributed by atoms with Gasteiger partial charge in [0.05, 0.1) is 5.69 Å². The average molecular weight is 247 g/mol. The van der Waals surface area contributed by atoms with Gasteiger partial charge in [0.25, 0.3) is 5.71 Å². The summed E-state index contributed by atoms with van der Waals surface area (Å²) in [6.45, 7) is 5.10. The second-order valence-electron chi connectivity index (χ2n) is 4.74. The third kappa shape index (κ3) is 2.15. The highest BCUT2D eigenvalue weighted by molar-refractivity contribution is 5.87. The normalized spacial score (nSPS) is 19.5. The van der Waals surface area contributed by atoms with Gasteiger partial charge in [-0.15, -0.1) is 0 Å². The third-order valence-electron chi connectivity index (χ3n) is 3.45. The zero-order valence-corrected chi connectivity index (χ0v) is 10.4. The fourth-order valence-electron chi connectivity index (χ4n) is 2.41. The van der Waals surface area contributed by atoms with Crippen molar-refractivity contribution in [3.63, 3.8) is 0 Å². The Labute approximate surface area is 105 Å². The zero-order chi connectivity index (χ0) is 12.4. The van der Waals surface area contributed by atoms with Crippen molar-refractivity contribution in [2.24, 2.45) is 5.92 Å². The van der Waals surface area contributed by atoms with E-state index in [1.807, 2.05) is 6.92 Å². The van der Waals surface area contributed by atoms with Gasteiger partial charge in [-0.3, -0.25) is 0 Å². The fourth-order valence-corrected chi connectivity index (χ4v) is 2.41. The molecule has 0 radical (unpaired) electrons. The molecular formula is C12H17N5O. The molecule has 1 fully saturated rings. The van der Waals surface area contributed by atoms with Crippen LogP contribution in [0.25, 0.3) is 11.1 Å². The summed E-state index contributed by atoms with van der Waals surface area (Å²) >= 11 is 0. The molecule has 2 aromatic rings. The van der Waals surface area contributed by atoms with Crippen molar-refractivity contribution < 1.29 is 4.52 Å². The van der Waals surface area contributed by atoms with E-state index in [9.17, 15) is 0 Å². The maximum absolute atomic E-state index is 5.12. The fraction of sp³-hybridized carbons (Fsp3) is 0.583. The van der Waals surface area contributed by atoms with Crippen LogP contribution in [-0.4, -0.2) is 34.8 Å². The van der Waals surface area contributed by atoms with Crippen molar-refractivity contribution in [2.75, 3.05) is 25.0 Å². The summed E-state index contributed by atoms with van der Waals surface area (Å²) in [5, 5.41) is 11.5. The van der Waals surface area contributed by atoms with E-state index in [1.54, 1.807) is 0 Å². The molecule has 96 valence electrons. The van der Waals surface area contributed by atoms with Crippen molar-refractivity contribution >= 4 is 16.9 Å². The van der Waals surface area contributed by atoms with Crippen LogP contribution in [0.3, 0.4) is 0 Å². The van der Waals surface area contributed by atoms with E-state index < -0.39 is 0 Å². The molecule has 1 saturated heterocycles. The molecule has 1 aliphatic rings. The molecule has 3 heterocycles. The molecule has 0 aliphatic carbocycles. The Kier molecular flexibility index (Phi) is 3.10. The van der Waals surface area contributed by atoms with Gasteiger partial charge in [0.1, 0.15) is 17.5 Å². The van der Waals surface area contributed by atoms with Gasteiger partial charge in [-0.05, 0) is 38.8 Å². The van der Waals surface area contributed by atoms with E-state index in [2.05, 4.69) is 25.8 Å². The monoisotopic (exact) mass is 247 g/mol. The first kappa shape index (κ1) is 11.4. The van der Waals surface area contributed by atoms with E-state index in [-0.39, 0.29) is 0 Å². The molecule has 6 heteroatoms. The number of nitrogens with zero attached hydrogens (tertiary/aromatic N) is 3. The number of fused-ring (bicyclic) bond motifs is 1. The molecule has 3 rings (SSSR count). The molecule has 0 bridgehead atoms. The maximum Gasteiger partial charge on any atom is 0.263 e. The van der Waals surface area contributed by atoms with Crippen molar-refractivity contribution in [3.8, 4) is 0 Å². The molecule has 0 saturated carbocycles. The summed E-state index contributed by atoms with van der Waals surface area (Å²) in [5.41, 5.74) is 1.38. The quantitative estimate of drug-likeness (QED) is 0.849. The lowest BCUT2D eigenvalue weighted by molar-refractivity contribution is 0.442. The molecule has 1 atom stereocenters. The van der Waals surface area contributed by atoms with E-state index in [0.717, 1.165) is 48.9 Å². The molecule has 0 spiro atoms. The van der Waals surface area contributed by atoms with Gasteiger partial charge < -0.3 is 15.2 Å². The number of hydrogen-bond donors (Lipinski definition) is 2. The predicted octanol–water partition coefficient (Wildman–Crippen LogP) is 1.34. The minimum absolute atomic E-state index is 0.549. The predicted molar refractivity (Wildman–Crippen MR) is 68.4 cm³/mol. The first-order chi connectivity index (χ1) is 8.84. The second kappa shape index (κ2) is 4.89. The van der Waals surface area contributed by atoms with Gasteiger partial charge >= 0.3 is 0 Å². The molecule has 2 aromatic heterocycles. The first-order valence-corrected chi connectivity index (χ1v) is 6.36. The number of anilines is 1. The Bertz CT molecular complexity index is 532. The van der Waals surface area contributed by atoms with E-state index in [1.165, 1.54) is 12.7 Å². The largest absolute Gasteiger partial charge is 0.369 e. The standard InChI is InChI=1S/C12H17N5O/c1-8-10-11(15-7-16-12(10)18-17-8)14-5-3-9-2-4-13-6-9/h7,9,13H,2-6H2,1H3,(H,14,15,16). The highest BCUT2D eigenvalue weighted by Crippen LogP contribution is 2.22. The van der Waals surface area contributed by atoms with Crippen molar-refractivity contribution in [2.45, 2.75) is 19.8 Å². The number of aromatic nitrogens is 3. The lowest BCUT2D eigenvalue weighted by Crippen LogP contribution is -2.13. The van der Waals surface area contributed by atoms with Crippen molar-refractivity contribution in [1.29, 1.82) is 0 Å². The molecule has 0 aromatic carbocycles. The third-order valence-corrected chi connectivity index (χ3v) is 3.45. The molecule has 1 aliphatic heterocycles. The van der Waals surface area contributed by atoms with E-state index >= 15 is 0 Å². The van der Waals surface area contributed by atoms with Crippen LogP contribution in [0, 0.1) is 12.8 Å². The molecule has 6 nitrogen and oxygen atoms in total. The summed E-state index contributed by atoms with van der Waals surface area (Å²) in [7, 11) is 0. The average Bonchev–Trinajstić information content (AvgIpc) is 3.00. The Morgan fingerprint density at radius 1 is 1.50 bits per heavy atom. The van der Waals surface area contributed by atoms with Gasteiger partial charge in [-0.2, -0.15) is 4.98 Å². The maximum atomic E-state index is 5.12.